The summed E-state index contributed by atoms with van der Waals surface area (Å²) in [6, 6.07) is 5.00. The molecule has 0 saturated carbocycles. The van der Waals surface area contributed by atoms with Crippen molar-refractivity contribution in [3.05, 3.63) is 34.9 Å². The number of halogens is 3. The normalized spacial score (nSPS) is 21.6. The van der Waals surface area contributed by atoms with Gasteiger partial charge in [0.05, 0.1) is 13.1 Å². The molecular formula is C14H15F3N4O3. The van der Waals surface area contributed by atoms with Crippen LogP contribution in [0.15, 0.2) is 29.2 Å². The lowest BCUT2D eigenvalue weighted by Crippen LogP contribution is -2.48. The van der Waals surface area contributed by atoms with Crippen molar-refractivity contribution in [2.75, 3.05) is 13.1 Å². The van der Waals surface area contributed by atoms with E-state index in [1.54, 1.807) is 18.2 Å². The van der Waals surface area contributed by atoms with Crippen LogP contribution >= 0.6 is 0 Å². The molecule has 1 saturated heterocycles. The minimum Gasteiger partial charge on any atom is -0.379 e. The highest BCUT2D eigenvalue weighted by molar-refractivity contribution is 5.76. The van der Waals surface area contributed by atoms with Crippen LogP contribution in [0.25, 0.3) is 5.65 Å². The second kappa shape index (κ2) is 5.62. The summed E-state index contributed by atoms with van der Waals surface area (Å²) in [7, 11) is 0. The summed E-state index contributed by atoms with van der Waals surface area (Å²) >= 11 is 0. The van der Waals surface area contributed by atoms with Crippen molar-refractivity contribution < 1.29 is 23.1 Å². The van der Waals surface area contributed by atoms with Gasteiger partial charge in [0, 0.05) is 25.6 Å². The van der Waals surface area contributed by atoms with Crippen molar-refractivity contribution >= 4 is 11.6 Å². The number of aliphatic hydroxyl groups is 1. The molecule has 7 nitrogen and oxygen atoms in total. The maximum atomic E-state index is 12.8. The molecular weight excluding hydrogens is 329 g/mol. The van der Waals surface area contributed by atoms with Gasteiger partial charge < -0.3 is 10.0 Å². The van der Waals surface area contributed by atoms with Crippen LogP contribution in [0, 0.1) is 0 Å². The first kappa shape index (κ1) is 16.5. The lowest BCUT2D eigenvalue weighted by atomic mass is 10.0. The smallest absolute Gasteiger partial charge is 0.379 e. The lowest BCUT2D eigenvalue weighted by molar-refractivity contribution is -0.253. The molecule has 0 aliphatic carbocycles. The van der Waals surface area contributed by atoms with Gasteiger partial charge in [0.2, 0.25) is 5.91 Å². The molecule has 130 valence electrons. The van der Waals surface area contributed by atoms with E-state index >= 15 is 0 Å². The van der Waals surface area contributed by atoms with Crippen LogP contribution in [0.2, 0.25) is 0 Å². The van der Waals surface area contributed by atoms with E-state index in [9.17, 15) is 27.9 Å². The minimum atomic E-state index is -4.78. The van der Waals surface area contributed by atoms with Crippen molar-refractivity contribution in [3.8, 4) is 0 Å². The van der Waals surface area contributed by atoms with Gasteiger partial charge in [-0.05, 0) is 12.1 Å². The average molecular weight is 344 g/mol. The fourth-order valence-electron chi connectivity index (χ4n) is 2.71. The molecule has 0 bridgehead atoms. The topological polar surface area (TPSA) is 79.8 Å². The molecule has 1 aliphatic heterocycles. The average Bonchev–Trinajstić information content (AvgIpc) is 3.07. The number of fused-ring (bicyclic) bond motifs is 1. The summed E-state index contributed by atoms with van der Waals surface area (Å²) in [4.78, 5) is 25.1. The molecule has 10 heteroatoms. The van der Waals surface area contributed by atoms with Gasteiger partial charge >= 0.3 is 11.9 Å². The third-order valence-corrected chi connectivity index (χ3v) is 4.15. The van der Waals surface area contributed by atoms with Gasteiger partial charge in [0.1, 0.15) is 0 Å². The van der Waals surface area contributed by atoms with Crippen molar-refractivity contribution in [1.82, 2.24) is 19.1 Å². The van der Waals surface area contributed by atoms with E-state index < -0.39 is 36.3 Å². The van der Waals surface area contributed by atoms with E-state index in [0.29, 0.717) is 5.65 Å². The first-order valence-electron chi connectivity index (χ1n) is 7.32. The van der Waals surface area contributed by atoms with Crippen LogP contribution in [0.3, 0.4) is 0 Å². The number of hydrogen-bond donors (Lipinski definition) is 1. The molecule has 1 unspecified atom stereocenters. The van der Waals surface area contributed by atoms with Crippen LogP contribution < -0.4 is 5.69 Å². The monoisotopic (exact) mass is 344 g/mol. The van der Waals surface area contributed by atoms with Gasteiger partial charge in [-0.15, -0.1) is 5.10 Å². The van der Waals surface area contributed by atoms with Crippen LogP contribution in [0.1, 0.15) is 12.8 Å². The fraction of sp³-hybridized carbons (Fsp3) is 0.500. The predicted octanol–water partition coefficient (Wildman–Crippen LogP) is 0.412. The number of amides is 1. The summed E-state index contributed by atoms with van der Waals surface area (Å²) in [6.07, 6.45) is -3.96. The van der Waals surface area contributed by atoms with Crippen LogP contribution in [-0.2, 0) is 11.3 Å². The van der Waals surface area contributed by atoms with Gasteiger partial charge in [-0.1, -0.05) is 6.07 Å². The summed E-state index contributed by atoms with van der Waals surface area (Å²) < 4.78 is 40.7. The summed E-state index contributed by atoms with van der Waals surface area (Å²) in [5.74, 6) is -0.556. The number of carbonyl (C=O) groups is 1. The molecule has 0 spiro atoms. The van der Waals surface area contributed by atoms with Crippen LogP contribution in [0.4, 0.5) is 13.2 Å². The Labute approximate surface area is 133 Å². The van der Waals surface area contributed by atoms with Crippen molar-refractivity contribution in [2.24, 2.45) is 0 Å². The molecule has 3 rings (SSSR count). The predicted molar refractivity (Wildman–Crippen MR) is 76.3 cm³/mol. The molecule has 24 heavy (non-hydrogen) atoms. The number of carbonyl (C=O) groups excluding carboxylic acids is 1. The number of rotatable bonds is 3. The lowest BCUT2D eigenvalue weighted by Gasteiger charge is -2.25. The number of likely N-dealkylation sites (tertiary alicyclic amines) is 1. The van der Waals surface area contributed by atoms with E-state index in [2.05, 4.69) is 5.10 Å². The standard InChI is InChI=1S/C14H15F3N4O3/c15-14(16,17)13(24)5-8-19(9-13)11(22)4-7-21-12(23)20-6-2-1-3-10(20)18-21/h1-3,6,24H,4-5,7-9H2. The van der Waals surface area contributed by atoms with Gasteiger partial charge in [0.15, 0.2) is 11.2 Å². The van der Waals surface area contributed by atoms with Crippen molar-refractivity contribution in [3.63, 3.8) is 0 Å². The van der Waals surface area contributed by atoms with Gasteiger partial charge in [-0.3, -0.25) is 9.20 Å². The quantitative estimate of drug-likeness (QED) is 0.875. The zero-order valence-electron chi connectivity index (χ0n) is 12.5. The number of β-amino-alcohol motifs (C(OH)–C–C–N with tert-alkyl or cyclic N) is 1. The van der Waals surface area contributed by atoms with Crippen molar-refractivity contribution in [2.45, 2.75) is 31.2 Å². The Kier molecular flexibility index (Phi) is 3.86. The third kappa shape index (κ3) is 2.77. The van der Waals surface area contributed by atoms with Crippen LogP contribution in [0.5, 0.6) is 0 Å². The van der Waals surface area contributed by atoms with Gasteiger partial charge in [-0.2, -0.15) is 13.2 Å². The Morgan fingerprint density at radius 3 is 2.75 bits per heavy atom. The molecule has 2 aromatic heterocycles. The van der Waals surface area contributed by atoms with E-state index in [1.165, 1.54) is 10.6 Å². The number of nitrogens with zero attached hydrogens (tertiary/aromatic N) is 4. The maximum absolute atomic E-state index is 12.8. The summed E-state index contributed by atoms with van der Waals surface area (Å²) in [6.45, 7) is -0.995. The van der Waals surface area contributed by atoms with E-state index in [1.807, 2.05) is 0 Å². The molecule has 1 amide bonds. The first-order valence-corrected chi connectivity index (χ1v) is 7.32. The third-order valence-electron chi connectivity index (χ3n) is 4.15. The summed E-state index contributed by atoms with van der Waals surface area (Å²) in [5.41, 5.74) is -2.86. The Balaban J connectivity index is 1.66. The van der Waals surface area contributed by atoms with E-state index in [0.717, 1.165) is 9.58 Å². The van der Waals surface area contributed by atoms with Crippen molar-refractivity contribution in [1.29, 1.82) is 0 Å². The molecule has 0 aromatic carbocycles. The van der Waals surface area contributed by atoms with Gasteiger partial charge in [0.25, 0.3) is 0 Å². The number of aromatic nitrogens is 3. The highest BCUT2D eigenvalue weighted by Gasteiger charge is 2.57. The Hall–Kier alpha value is -2.36. The number of hydrogen-bond acceptors (Lipinski definition) is 4. The highest BCUT2D eigenvalue weighted by atomic mass is 19.4. The molecule has 1 N–H and O–H groups in total. The Morgan fingerprint density at radius 2 is 2.12 bits per heavy atom. The molecule has 1 atom stereocenters. The summed E-state index contributed by atoms with van der Waals surface area (Å²) in [5, 5.41) is 13.6. The molecule has 1 aliphatic rings. The van der Waals surface area contributed by atoms with E-state index in [4.69, 9.17) is 0 Å². The first-order chi connectivity index (χ1) is 11.2. The zero-order chi connectivity index (χ0) is 17.5. The molecule has 3 heterocycles. The highest BCUT2D eigenvalue weighted by Crippen LogP contribution is 2.37. The SMILES string of the molecule is O=C(CCn1nc2ccccn2c1=O)N1CCC(O)(C(F)(F)F)C1. The number of aryl methyl sites for hydroxylation is 1. The van der Waals surface area contributed by atoms with Gasteiger partial charge in [-0.25, -0.2) is 9.48 Å². The minimum absolute atomic E-state index is 0.0414. The second-order valence-corrected chi connectivity index (χ2v) is 5.78. The largest absolute Gasteiger partial charge is 0.419 e. The van der Waals surface area contributed by atoms with Crippen LogP contribution in [-0.4, -0.2) is 55.0 Å². The Morgan fingerprint density at radius 1 is 1.38 bits per heavy atom. The molecule has 0 radical (unpaired) electrons. The zero-order valence-corrected chi connectivity index (χ0v) is 12.5. The number of alkyl halides is 3. The second-order valence-electron chi connectivity index (χ2n) is 5.78. The number of pyridine rings is 1. The Bertz CT molecular complexity index is 829. The molecule has 2 aromatic rings. The maximum Gasteiger partial charge on any atom is 0.419 e. The van der Waals surface area contributed by atoms with E-state index in [-0.39, 0.29) is 19.5 Å². The molecule has 1 fully saturated rings. The fourth-order valence-corrected chi connectivity index (χ4v) is 2.71.